The Labute approximate surface area is 145 Å². The van der Waals surface area contributed by atoms with Crippen LogP contribution in [0.3, 0.4) is 0 Å². The van der Waals surface area contributed by atoms with Gasteiger partial charge in [0.1, 0.15) is 0 Å². The summed E-state index contributed by atoms with van der Waals surface area (Å²) in [7, 11) is 0. The molecule has 5 nitrogen and oxygen atoms in total. The molecule has 3 aliphatic heterocycles. The second-order valence-electron chi connectivity index (χ2n) is 7.40. The van der Waals surface area contributed by atoms with E-state index < -0.39 is 0 Å². The molecule has 4 rings (SSSR count). The molecule has 24 heavy (non-hydrogen) atoms. The minimum absolute atomic E-state index is 0.251. The summed E-state index contributed by atoms with van der Waals surface area (Å²) in [5.41, 5.74) is 4.81. The van der Waals surface area contributed by atoms with Crippen molar-refractivity contribution in [3.05, 3.63) is 35.9 Å². The van der Waals surface area contributed by atoms with E-state index in [9.17, 15) is 0 Å². The summed E-state index contributed by atoms with van der Waals surface area (Å²) < 4.78 is 6.11. The molecule has 0 aliphatic carbocycles. The first-order valence-corrected chi connectivity index (χ1v) is 9.51. The van der Waals surface area contributed by atoms with Crippen molar-refractivity contribution < 1.29 is 4.74 Å². The van der Waals surface area contributed by atoms with Crippen molar-refractivity contribution >= 4 is 0 Å². The molecule has 1 aromatic rings. The SMILES string of the molecule is c1ccc(C2OCCCC2CNCC2CNC3CCNN3C2)cc1. The number of ether oxygens (including phenoxy) is 1. The minimum atomic E-state index is 0.251. The van der Waals surface area contributed by atoms with Crippen LogP contribution in [0.5, 0.6) is 0 Å². The zero-order valence-electron chi connectivity index (χ0n) is 14.4. The number of nitrogens with one attached hydrogen (secondary N) is 3. The molecule has 0 bridgehead atoms. The Morgan fingerprint density at radius 2 is 2.08 bits per heavy atom. The summed E-state index contributed by atoms with van der Waals surface area (Å²) in [4.78, 5) is 0. The number of rotatable bonds is 5. The van der Waals surface area contributed by atoms with Gasteiger partial charge >= 0.3 is 0 Å². The molecule has 3 fully saturated rings. The van der Waals surface area contributed by atoms with Crippen LogP contribution >= 0.6 is 0 Å². The van der Waals surface area contributed by atoms with Gasteiger partial charge in [-0.2, -0.15) is 0 Å². The number of hydrogen-bond acceptors (Lipinski definition) is 5. The van der Waals surface area contributed by atoms with E-state index in [4.69, 9.17) is 4.74 Å². The summed E-state index contributed by atoms with van der Waals surface area (Å²) in [5.74, 6) is 1.25. The lowest BCUT2D eigenvalue weighted by atomic mass is 9.89. The van der Waals surface area contributed by atoms with E-state index in [-0.39, 0.29) is 6.10 Å². The Kier molecular flexibility index (Phi) is 5.45. The first kappa shape index (κ1) is 16.5. The van der Waals surface area contributed by atoms with Crippen LogP contribution in [0.25, 0.3) is 0 Å². The van der Waals surface area contributed by atoms with E-state index in [1.165, 1.54) is 24.8 Å². The van der Waals surface area contributed by atoms with E-state index in [1.54, 1.807) is 0 Å². The fourth-order valence-corrected chi connectivity index (χ4v) is 4.33. The van der Waals surface area contributed by atoms with E-state index in [0.717, 1.165) is 39.3 Å². The second-order valence-corrected chi connectivity index (χ2v) is 7.40. The molecule has 3 aliphatic rings. The smallest absolute Gasteiger partial charge is 0.0865 e. The van der Waals surface area contributed by atoms with Gasteiger partial charge in [0.25, 0.3) is 0 Å². The summed E-state index contributed by atoms with van der Waals surface area (Å²) in [6.07, 6.45) is 4.46. The average Bonchev–Trinajstić information content (AvgIpc) is 3.11. The molecule has 3 heterocycles. The van der Waals surface area contributed by atoms with Crippen LogP contribution in [-0.2, 0) is 4.74 Å². The summed E-state index contributed by atoms with van der Waals surface area (Å²) in [6.45, 7) is 6.40. The van der Waals surface area contributed by atoms with Crippen LogP contribution in [-0.4, -0.2) is 50.5 Å². The van der Waals surface area contributed by atoms with Crippen LogP contribution in [0, 0.1) is 11.8 Å². The third-order valence-electron chi connectivity index (χ3n) is 5.62. The average molecular weight is 330 g/mol. The zero-order valence-corrected chi connectivity index (χ0v) is 14.4. The van der Waals surface area contributed by atoms with Crippen LogP contribution in [0.15, 0.2) is 30.3 Å². The maximum absolute atomic E-state index is 6.11. The zero-order chi connectivity index (χ0) is 16.2. The molecular weight excluding hydrogens is 300 g/mol. The van der Waals surface area contributed by atoms with E-state index >= 15 is 0 Å². The highest BCUT2D eigenvalue weighted by Crippen LogP contribution is 2.33. The molecule has 4 unspecified atom stereocenters. The highest BCUT2D eigenvalue weighted by molar-refractivity contribution is 5.18. The number of nitrogens with zero attached hydrogens (tertiary/aromatic N) is 1. The molecule has 0 radical (unpaired) electrons. The maximum Gasteiger partial charge on any atom is 0.0865 e. The van der Waals surface area contributed by atoms with Crippen molar-refractivity contribution in [1.29, 1.82) is 0 Å². The Balaban J connectivity index is 1.27. The van der Waals surface area contributed by atoms with Gasteiger partial charge in [-0.1, -0.05) is 30.3 Å². The van der Waals surface area contributed by atoms with Gasteiger partial charge in [0.15, 0.2) is 0 Å². The minimum Gasteiger partial charge on any atom is -0.373 e. The van der Waals surface area contributed by atoms with Crippen molar-refractivity contribution in [2.24, 2.45) is 11.8 Å². The molecular formula is C19H30N4O. The number of hydrogen-bond donors (Lipinski definition) is 3. The molecule has 0 aromatic heterocycles. The third kappa shape index (κ3) is 3.81. The van der Waals surface area contributed by atoms with Crippen molar-refractivity contribution in [2.75, 3.05) is 39.3 Å². The molecule has 0 amide bonds. The van der Waals surface area contributed by atoms with Gasteiger partial charge in [-0.3, -0.25) is 5.43 Å². The molecule has 1 aromatic carbocycles. The number of fused-ring (bicyclic) bond motifs is 1. The lowest BCUT2D eigenvalue weighted by Gasteiger charge is -2.36. The Morgan fingerprint density at radius 3 is 3.00 bits per heavy atom. The Bertz CT molecular complexity index is 511. The van der Waals surface area contributed by atoms with Crippen molar-refractivity contribution in [3.63, 3.8) is 0 Å². The molecule has 132 valence electrons. The van der Waals surface area contributed by atoms with Crippen LogP contribution in [0.1, 0.15) is 30.9 Å². The van der Waals surface area contributed by atoms with E-state index in [1.807, 2.05) is 0 Å². The van der Waals surface area contributed by atoms with E-state index in [0.29, 0.717) is 18.0 Å². The lowest BCUT2D eigenvalue weighted by Crippen LogP contribution is -2.56. The summed E-state index contributed by atoms with van der Waals surface area (Å²) in [5, 5.41) is 9.76. The number of benzene rings is 1. The first-order chi connectivity index (χ1) is 11.9. The fourth-order valence-electron chi connectivity index (χ4n) is 4.33. The van der Waals surface area contributed by atoms with Gasteiger partial charge in [-0.25, -0.2) is 5.01 Å². The molecule has 4 atom stereocenters. The second kappa shape index (κ2) is 7.93. The van der Waals surface area contributed by atoms with Gasteiger partial charge in [-0.15, -0.1) is 0 Å². The lowest BCUT2D eigenvalue weighted by molar-refractivity contribution is -0.0282. The highest BCUT2D eigenvalue weighted by Gasteiger charge is 2.31. The topological polar surface area (TPSA) is 48.6 Å². The molecule has 0 saturated carbocycles. The Hall–Kier alpha value is -0.980. The quantitative estimate of drug-likeness (QED) is 0.764. The van der Waals surface area contributed by atoms with Gasteiger partial charge in [0.05, 0.1) is 12.3 Å². The van der Waals surface area contributed by atoms with Crippen LogP contribution < -0.4 is 16.1 Å². The summed E-state index contributed by atoms with van der Waals surface area (Å²) in [6, 6.07) is 10.7. The predicted molar refractivity (Wildman–Crippen MR) is 95.3 cm³/mol. The van der Waals surface area contributed by atoms with Crippen LogP contribution in [0.4, 0.5) is 0 Å². The Morgan fingerprint density at radius 1 is 1.17 bits per heavy atom. The summed E-state index contributed by atoms with van der Waals surface area (Å²) >= 11 is 0. The maximum atomic E-state index is 6.11. The number of hydrazine groups is 1. The van der Waals surface area contributed by atoms with Gasteiger partial charge in [-0.05, 0) is 30.7 Å². The standard InChI is InChI=1S/C19H30N4O/c1-2-5-16(6-3-1)19-17(7-4-10-24-19)13-20-11-15-12-21-18-8-9-22-23(18)14-15/h1-3,5-6,15,17-22H,4,7-14H2. The van der Waals surface area contributed by atoms with Gasteiger partial charge < -0.3 is 15.4 Å². The molecule has 3 saturated heterocycles. The monoisotopic (exact) mass is 330 g/mol. The third-order valence-corrected chi connectivity index (χ3v) is 5.62. The largest absolute Gasteiger partial charge is 0.373 e. The first-order valence-electron chi connectivity index (χ1n) is 9.51. The van der Waals surface area contributed by atoms with Gasteiger partial charge in [0, 0.05) is 45.2 Å². The van der Waals surface area contributed by atoms with Crippen LogP contribution in [0.2, 0.25) is 0 Å². The van der Waals surface area contributed by atoms with Gasteiger partial charge in [0.2, 0.25) is 0 Å². The van der Waals surface area contributed by atoms with Crippen molar-refractivity contribution in [2.45, 2.75) is 31.5 Å². The molecule has 3 N–H and O–H groups in total. The molecule has 0 spiro atoms. The highest BCUT2D eigenvalue weighted by atomic mass is 16.5. The normalized spacial score (nSPS) is 34.2. The molecule has 5 heteroatoms. The van der Waals surface area contributed by atoms with Crippen molar-refractivity contribution in [1.82, 2.24) is 21.1 Å². The fraction of sp³-hybridized carbons (Fsp3) is 0.684. The van der Waals surface area contributed by atoms with Crippen molar-refractivity contribution in [3.8, 4) is 0 Å². The van der Waals surface area contributed by atoms with E-state index in [2.05, 4.69) is 51.4 Å². The predicted octanol–water partition coefficient (Wildman–Crippen LogP) is 1.50.